The third-order valence-corrected chi connectivity index (χ3v) is 2.37. The van der Waals surface area contributed by atoms with Crippen LogP contribution in [0.25, 0.3) is 0 Å². The summed E-state index contributed by atoms with van der Waals surface area (Å²) >= 11 is 0. The highest BCUT2D eigenvalue weighted by molar-refractivity contribution is 6.02. The highest BCUT2D eigenvalue weighted by atomic mass is 16.5. The Hall–Kier alpha value is -1.55. The Morgan fingerprint density at radius 1 is 1.53 bits per heavy atom. The molecule has 0 radical (unpaired) electrons. The van der Waals surface area contributed by atoms with Gasteiger partial charge in [0.2, 0.25) is 5.91 Å². The first-order chi connectivity index (χ1) is 7.22. The van der Waals surface area contributed by atoms with Crippen LogP contribution in [-0.4, -0.2) is 12.5 Å². The molecule has 1 aliphatic heterocycles. The molecule has 4 nitrogen and oxygen atoms in total. The molecule has 0 aliphatic carbocycles. The van der Waals surface area contributed by atoms with Crippen LogP contribution in [0.1, 0.15) is 24.9 Å². The summed E-state index contributed by atoms with van der Waals surface area (Å²) in [5, 5.41) is 2.71. The van der Waals surface area contributed by atoms with Gasteiger partial charge in [-0.25, -0.2) is 0 Å². The number of fused-ring (bicyclic) bond motifs is 1. The number of nitrogens with one attached hydrogen (secondary N) is 1. The highest BCUT2D eigenvalue weighted by Gasteiger charge is 2.27. The van der Waals surface area contributed by atoms with Gasteiger partial charge in [-0.2, -0.15) is 0 Å². The van der Waals surface area contributed by atoms with Crippen molar-refractivity contribution in [2.45, 2.75) is 19.4 Å². The quantitative estimate of drug-likeness (QED) is 0.786. The maximum absolute atomic E-state index is 11.3. The number of amides is 1. The number of ether oxygens (including phenoxy) is 1. The third kappa shape index (κ3) is 1.80. The van der Waals surface area contributed by atoms with Gasteiger partial charge in [0.05, 0.1) is 6.61 Å². The maximum atomic E-state index is 11.3. The van der Waals surface area contributed by atoms with Crippen LogP contribution in [0, 0.1) is 0 Å². The van der Waals surface area contributed by atoms with Crippen LogP contribution in [0.2, 0.25) is 0 Å². The molecule has 0 bridgehead atoms. The SMILES string of the molecule is CCCOc1ccc2c(c1)C(N)C(=O)N2. The molecular weight excluding hydrogens is 192 g/mol. The monoisotopic (exact) mass is 206 g/mol. The summed E-state index contributed by atoms with van der Waals surface area (Å²) in [5.41, 5.74) is 7.32. The molecule has 1 atom stereocenters. The number of carbonyl (C=O) groups is 1. The second-order valence-electron chi connectivity index (χ2n) is 3.56. The van der Waals surface area contributed by atoms with E-state index in [9.17, 15) is 4.79 Å². The minimum Gasteiger partial charge on any atom is -0.494 e. The molecule has 3 N–H and O–H groups in total. The Morgan fingerprint density at radius 2 is 2.33 bits per heavy atom. The van der Waals surface area contributed by atoms with Crippen molar-refractivity contribution in [2.24, 2.45) is 5.73 Å². The van der Waals surface area contributed by atoms with Gasteiger partial charge in [0.15, 0.2) is 0 Å². The van der Waals surface area contributed by atoms with E-state index in [4.69, 9.17) is 10.5 Å². The lowest BCUT2D eigenvalue weighted by Gasteiger charge is -2.07. The average molecular weight is 206 g/mol. The zero-order valence-electron chi connectivity index (χ0n) is 8.62. The van der Waals surface area contributed by atoms with E-state index in [0.717, 1.165) is 23.4 Å². The fourth-order valence-electron chi connectivity index (χ4n) is 1.57. The predicted octanol–water partition coefficient (Wildman–Crippen LogP) is 1.43. The fraction of sp³-hybridized carbons (Fsp3) is 0.364. The number of rotatable bonds is 3. The average Bonchev–Trinajstić information content (AvgIpc) is 2.52. The molecule has 80 valence electrons. The Balaban J connectivity index is 2.23. The van der Waals surface area contributed by atoms with Crippen LogP contribution in [0.5, 0.6) is 5.75 Å². The van der Waals surface area contributed by atoms with E-state index >= 15 is 0 Å². The van der Waals surface area contributed by atoms with Gasteiger partial charge in [-0.05, 0) is 24.6 Å². The van der Waals surface area contributed by atoms with Crippen molar-refractivity contribution in [1.29, 1.82) is 0 Å². The number of benzene rings is 1. The van der Waals surface area contributed by atoms with Crippen LogP contribution in [-0.2, 0) is 4.79 Å². The lowest BCUT2D eigenvalue weighted by Crippen LogP contribution is -2.19. The summed E-state index contributed by atoms with van der Waals surface area (Å²) in [6.45, 7) is 2.72. The van der Waals surface area contributed by atoms with Crippen molar-refractivity contribution >= 4 is 11.6 Å². The molecule has 0 fully saturated rings. The Labute approximate surface area is 88.4 Å². The largest absolute Gasteiger partial charge is 0.494 e. The van der Waals surface area contributed by atoms with Crippen molar-refractivity contribution in [3.63, 3.8) is 0 Å². The van der Waals surface area contributed by atoms with E-state index in [2.05, 4.69) is 5.32 Å². The summed E-state index contributed by atoms with van der Waals surface area (Å²) in [6.07, 6.45) is 0.959. The Kier molecular flexibility index (Phi) is 2.60. The minimum atomic E-state index is -0.565. The van der Waals surface area contributed by atoms with E-state index in [1.807, 2.05) is 25.1 Å². The molecule has 2 rings (SSSR count). The number of anilines is 1. The molecule has 1 aromatic carbocycles. The molecule has 15 heavy (non-hydrogen) atoms. The summed E-state index contributed by atoms with van der Waals surface area (Å²) in [4.78, 5) is 11.3. The lowest BCUT2D eigenvalue weighted by molar-refractivity contribution is -0.116. The van der Waals surface area contributed by atoms with Gasteiger partial charge in [0.25, 0.3) is 0 Å². The van der Waals surface area contributed by atoms with Crippen LogP contribution in [0.15, 0.2) is 18.2 Å². The van der Waals surface area contributed by atoms with E-state index in [0.29, 0.717) is 6.61 Å². The van der Waals surface area contributed by atoms with Gasteiger partial charge in [-0.15, -0.1) is 0 Å². The summed E-state index contributed by atoms with van der Waals surface area (Å²) in [6, 6.07) is 4.93. The van der Waals surface area contributed by atoms with Gasteiger partial charge in [-0.3, -0.25) is 4.79 Å². The third-order valence-electron chi connectivity index (χ3n) is 2.37. The first-order valence-electron chi connectivity index (χ1n) is 5.05. The van der Waals surface area contributed by atoms with E-state index in [1.165, 1.54) is 0 Å². The molecular formula is C11H14N2O2. The Morgan fingerprint density at radius 3 is 3.07 bits per heavy atom. The molecule has 0 spiro atoms. The van der Waals surface area contributed by atoms with E-state index in [1.54, 1.807) is 0 Å². The molecule has 0 aromatic heterocycles. The van der Waals surface area contributed by atoms with Crippen molar-refractivity contribution in [3.05, 3.63) is 23.8 Å². The molecule has 1 heterocycles. The second-order valence-corrected chi connectivity index (χ2v) is 3.56. The van der Waals surface area contributed by atoms with Crippen molar-refractivity contribution in [2.75, 3.05) is 11.9 Å². The second kappa shape index (κ2) is 3.90. The normalized spacial score (nSPS) is 18.5. The number of hydrogen-bond acceptors (Lipinski definition) is 3. The molecule has 1 amide bonds. The topological polar surface area (TPSA) is 64.3 Å². The number of carbonyl (C=O) groups excluding carboxylic acids is 1. The Bertz CT molecular complexity index is 390. The molecule has 4 heteroatoms. The van der Waals surface area contributed by atoms with Crippen LogP contribution < -0.4 is 15.8 Å². The molecule has 1 aliphatic rings. The molecule has 1 unspecified atom stereocenters. The van der Waals surface area contributed by atoms with Crippen molar-refractivity contribution in [3.8, 4) is 5.75 Å². The first kappa shape index (κ1) is 9.98. The molecule has 0 saturated carbocycles. The van der Waals surface area contributed by atoms with Gasteiger partial charge in [-0.1, -0.05) is 6.92 Å². The first-order valence-corrected chi connectivity index (χ1v) is 5.05. The van der Waals surface area contributed by atoms with Gasteiger partial charge in [0, 0.05) is 11.3 Å². The number of hydrogen-bond donors (Lipinski definition) is 2. The lowest BCUT2D eigenvalue weighted by atomic mass is 10.1. The van der Waals surface area contributed by atoms with E-state index in [-0.39, 0.29) is 5.91 Å². The van der Waals surface area contributed by atoms with Crippen LogP contribution >= 0.6 is 0 Å². The standard InChI is InChI=1S/C11H14N2O2/c1-2-5-15-7-3-4-9-8(6-7)10(12)11(14)13-9/h3-4,6,10H,2,5,12H2,1H3,(H,13,14). The summed E-state index contributed by atoms with van der Waals surface area (Å²) in [5.74, 6) is 0.611. The molecule has 0 saturated heterocycles. The highest BCUT2D eigenvalue weighted by Crippen LogP contribution is 2.32. The summed E-state index contributed by atoms with van der Waals surface area (Å²) in [7, 11) is 0. The zero-order chi connectivity index (χ0) is 10.8. The number of nitrogens with two attached hydrogens (primary N) is 1. The zero-order valence-corrected chi connectivity index (χ0v) is 8.62. The summed E-state index contributed by atoms with van der Waals surface area (Å²) < 4.78 is 5.47. The maximum Gasteiger partial charge on any atom is 0.245 e. The fourth-order valence-corrected chi connectivity index (χ4v) is 1.57. The predicted molar refractivity (Wildman–Crippen MR) is 57.8 cm³/mol. The minimum absolute atomic E-state index is 0.155. The molecule has 1 aromatic rings. The van der Waals surface area contributed by atoms with Crippen molar-refractivity contribution in [1.82, 2.24) is 0 Å². The van der Waals surface area contributed by atoms with Crippen LogP contribution in [0.4, 0.5) is 5.69 Å². The van der Waals surface area contributed by atoms with Crippen molar-refractivity contribution < 1.29 is 9.53 Å². The van der Waals surface area contributed by atoms with Gasteiger partial charge < -0.3 is 15.8 Å². The van der Waals surface area contributed by atoms with Gasteiger partial charge >= 0.3 is 0 Å². The van der Waals surface area contributed by atoms with Crippen LogP contribution in [0.3, 0.4) is 0 Å². The van der Waals surface area contributed by atoms with Gasteiger partial charge in [0.1, 0.15) is 11.8 Å². The van der Waals surface area contributed by atoms with E-state index < -0.39 is 6.04 Å². The smallest absolute Gasteiger partial charge is 0.245 e.